The zero-order chi connectivity index (χ0) is 14.8. The highest BCUT2D eigenvalue weighted by molar-refractivity contribution is 9.10. The monoisotopic (exact) mass is 331 g/mol. The number of amides is 1. The van der Waals surface area contributed by atoms with Gasteiger partial charge in [-0.3, -0.25) is 4.79 Å². The Kier molecular flexibility index (Phi) is 4.29. The highest BCUT2D eigenvalue weighted by Gasteiger charge is 2.29. The van der Waals surface area contributed by atoms with Crippen LogP contribution in [0.25, 0.3) is 0 Å². The van der Waals surface area contributed by atoms with Crippen molar-refractivity contribution >= 4 is 27.5 Å². The number of carbonyl (C=O) groups is 1. The summed E-state index contributed by atoms with van der Waals surface area (Å²) in [6, 6.07) is 15.7. The van der Waals surface area contributed by atoms with E-state index in [0.717, 1.165) is 15.7 Å². The summed E-state index contributed by atoms with van der Waals surface area (Å²) in [4.78, 5) is 12.5. The molecule has 3 heteroatoms. The fourth-order valence-electron chi connectivity index (χ4n) is 1.95. The molecule has 2 nitrogen and oxygen atoms in total. The molecule has 0 atom stereocenters. The van der Waals surface area contributed by atoms with Crippen molar-refractivity contribution in [1.29, 1.82) is 0 Å². The molecule has 0 aliphatic rings. The minimum Gasteiger partial charge on any atom is -0.325 e. The highest BCUT2D eigenvalue weighted by atomic mass is 79.9. The molecule has 0 saturated heterocycles. The number of halogens is 1. The predicted molar refractivity (Wildman–Crippen MR) is 87.0 cm³/mol. The molecule has 2 rings (SSSR count). The largest absolute Gasteiger partial charge is 0.325 e. The lowest BCUT2D eigenvalue weighted by molar-refractivity contribution is -0.120. The third-order valence-corrected chi connectivity index (χ3v) is 3.92. The van der Waals surface area contributed by atoms with Gasteiger partial charge in [-0.25, -0.2) is 0 Å². The zero-order valence-corrected chi connectivity index (χ0v) is 13.5. The summed E-state index contributed by atoms with van der Waals surface area (Å²) in [5, 5.41) is 2.97. The first kappa shape index (κ1) is 14.8. The van der Waals surface area contributed by atoms with Gasteiger partial charge in [0, 0.05) is 10.2 Å². The van der Waals surface area contributed by atoms with Crippen LogP contribution in [0.4, 0.5) is 5.69 Å². The maximum absolute atomic E-state index is 12.5. The molecule has 2 aromatic carbocycles. The molecule has 0 heterocycles. The lowest BCUT2D eigenvalue weighted by Crippen LogP contribution is -2.34. The maximum Gasteiger partial charge on any atom is 0.234 e. The SMILES string of the molecule is Cc1ccc(C(C)(C)C(=O)Nc2cccc(Br)c2)cc1. The van der Waals surface area contributed by atoms with Gasteiger partial charge < -0.3 is 5.32 Å². The molecule has 1 N–H and O–H groups in total. The first-order valence-electron chi connectivity index (χ1n) is 6.54. The minimum atomic E-state index is -0.573. The van der Waals surface area contributed by atoms with Crippen LogP contribution in [0, 0.1) is 6.92 Å². The van der Waals surface area contributed by atoms with Crippen LogP contribution in [-0.2, 0) is 10.2 Å². The van der Waals surface area contributed by atoms with Crippen LogP contribution < -0.4 is 5.32 Å². The molecule has 0 unspecified atom stereocenters. The Bertz CT molecular complexity index is 617. The van der Waals surface area contributed by atoms with E-state index in [0.29, 0.717) is 0 Å². The smallest absolute Gasteiger partial charge is 0.234 e. The fourth-order valence-corrected chi connectivity index (χ4v) is 2.35. The van der Waals surface area contributed by atoms with Crippen LogP contribution in [0.15, 0.2) is 53.0 Å². The Balaban J connectivity index is 2.21. The Labute approximate surface area is 128 Å². The van der Waals surface area contributed by atoms with Crippen LogP contribution in [-0.4, -0.2) is 5.91 Å². The van der Waals surface area contributed by atoms with E-state index >= 15 is 0 Å². The number of benzene rings is 2. The summed E-state index contributed by atoms with van der Waals surface area (Å²) in [6.07, 6.45) is 0. The summed E-state index contributed by atoms with van der Waals surface area (Å²) in [6.45, 7) is 5.91. The van der Waals surface area contributed by atoms with Crippen molar-refractivity contribution in [2.24, 2.45) is 0 Å². The molecule has 0 aliphatic heterocycles. The average molecular weight is 332 g/mol. The molecular weight excluding hydrogens is 314 g/mol. The number of aryl methyl sites for hydroxylation is 1. The summed E-state index contributed by atoms with van der Waals surface area (Å²) >= 11 is 3.40. The van der Waals surface area contributed by atoms with E-state index in [1.54, 1.807) is 0 Å². The first-order chi connectivity index (χ1) is 9.39. The molecule has 0 spiro atoms. The van der Waals surface area contributed by atoms with Gasteiger partial charge in [0.25, 0.3) is 0 Å². The Morgan fingerprint density at radius 2 is 1.75 bits per heavy atom. The molecule has 20 heavy (non-hydrogen) atoms. The third-order valence-electron chi connectivity index (χ3n) is 3.42. The third kappa shape index (κ3) is 3.28. The molecular formula is C17H18BrNO. The van der Waals surface area contributed by atoms with Gasteiger partial charge in [-0.05, 0) is 44.5 Å². The molecule has 104 valence electrons. The summed E-state index contributed by atoms with van der Waals surface area (Å²) in [7, 11) is 0. The Morgan fingerprint density at radius 1 is 1.10 bits per heavy atom. The van der Waals surface area contributed by atoms with E-state index in [1.807, 2.05) is 69.3 Å². The van der Waals surface area contributed by atoms with Gasteiger partial charge >= 0.3 is 0 Å². The second-order valence-corrected chi connectivity index (χ2v) is 6.37. The molecule has 1 amide bonds. The number of carbonyl (C=O) groups excluding carboxylic acids is 1. The van der Waals surface area contributed by atoms with Gasteiger partial charge in [0.2, 0.25) is 5.91 Å². The number of hydrogen-bond acceptors (Lipinski definition) is 1. The van der Waals surface area contributed by atoms with Gasteiger partial charge in [0.15, 0.2) is 0 Å². The molecule has 0 bridgehead atoms. The molecule has 0 fully saturated rings. The van der Waals surface area contributed by atoms with Crippen molar-refractivity contribution in [3.63, 3.8) is 0 Å². The Morgan fingerprint density at radius 3 is 2.35 bits per heavy atom. The number of nitrogens with one attached hydrogen (secondary N) is 1. The topological polar surface area (TPSA) is 29.1 Å². The number of anilines is 1. The van der Waals surface area contributed by atoms with Crippen LogP contribution in [0.5, 0.6) is 0 Å². The van der Waals surface area contributed by atoms with E-state index < -0.39 is 5.41 Å². The predicted octanol–water partition coefficient (Wildman–Crippen LogP) is 4.67. The van der Waals surface area contributed by atoms with Gasteiger partial charge in [0.1, 0.15) is 0 Å². The van der Waals surface area contributed by atoms with Crippen molar-refractivity contribution in [2.75, 3.05) is 5.32 Å². The summed E-state index contributed by atoms with van der Waals surface area (Å²) in [5.41, 5.74) is 2.42. The van der Waals surface area contributed by atoms with Crippen molar-refractivity contribution in [2.45, 2.75) is 26.2 Å². The lowest BCUT2D eigenvalue weighted by atomic mass is 9.83. The average Bonchev–Trinajstić information content (AvgIpc) is 2.39. The van der Waals surface area contributed by atoms with Crippen LogP contribution >= 0.6 is 15.9 Å². The van der Waals surface area contributed by atoms with Crippen molar-refractivity contribution < 1.29 is 4.79 Å². The van der Waals surface area contributed by atoms with E-state index in [-0.39, 0.29) is 5.91 Å². The van der Waals surface area contributed by atoms with Gasteiger partial charge in [0.05, 0.1) is 5.41 Å². The molecule has 0 aromatic heterocycles. The van der Waals surface area contributed by atoms with E-state index in [1.165, 1.54) is 5.56 Å². The molecule has 0 saturated carbocycles. The number of hydrogen-bond donors (Lipinski definition) is 1. The molecule has 2 aromatic rings. The summed E-state index contributed by atoms with van der Waals surface area (Å²) < 4.78 is 0.948. The zero-order valence-electron chi connectivity index (χ0n) is 11.9. The van der Waals surface area contributed by atoms with Crippen LogP contribution in [0.1, 0.15) is 25.0 Å². The lowest BCUT2D eigenvalue weighted by Gasteiger charge is -2.24. The fraction of sp³-hybridized carbons (Fsp3) is 0.235. The number of rotatable bonds is 3. The van der Waals surface area contributed by atoms with E-state index in [2.05, 4.69) is 21.2 Å². The first-order valence-corrected chi connectivity index (χ1v) is 7.33. The van der Waals surface area contributed by atoms with E-state index in [9.17, 15) is 4.79 Å². The van der Waals surface area contributed by atoms with Crippen molar-refractivity contribution in [1.82, 2.24) is 0 Å². The Hall–Kier alpha value is -1.61. The van der Waals surface area contributed by atoms with E-state index in [4.69, 9.17) is 0 Å². The highest BCUT2D eigenvalue weighted by Crippen LogP contribution is 2.26. The second-order valence-electron chi connectivity index (χ2n) is 5.46. The normalized spacial score (nSPS) is 11.2. The van der Waals surface area contributed by atoms with Gasteiger partial charge in [-0.2, -0.15) is 0 Å². The van der Waals surface area contributed by atoms with Crippen molar-refractivity contribution in [3.05, 3.63) is 64.1 Å². The van der Waals surface area contributed by atoms with Gasteiger partial charge in [-0.1, -0.05) is 51.8 Å². The van der Waals surface area contributed by atoms with Gasteiger partial charge in [-0.15, -0.1) is 0 Å². The standard InChI is InChI=1S/C17H18BrNO/c1-12-7-9-13(10-8-12)17(2,3)16(20)19-15-6-4-5-14(18)11-15/h4-11H,1-3H3,(H,19,20). The molecule has 0 aliphatic carbocycles. The second kappa shape index (κ2) is 5.80. The molecule has 0 radical (unpaired) electrons. The maximum atomic E-state index is 12.5. The quantitative estimate of drug-likeness (QED) is 0.869. The van der Waals surface area contributed by atoms with Crippen LogP contribution in [0.3, 0.4) is 0 Å². The van der Waals surface area contributed by atoms with Crippen molar-refractivity contribution in [3.8, 4) is 0 Å². The minimum absolute atomic E-state index is 0.0144. The summed E-state index contributed by atoms with van der Waals surface area (Å²) in [5.74, 6) is -0.0144. The van der Waals surface area contributed by atoms with Crippen LogP contribution in [0.2, 0.25) is 0 Å².